The van der Waals surface area contributed by atoms with E-state index in [9.17, 15) is 4.79 Å². The number of carbonyl (C=O) groups is 1. The van der Waals surface area contributed by atoms with Crippen LogP contribution in [-0.4, -0.2) is 73.6 Å². The van der Waals surface area contributed by atoms with Crippen LogP contribution in [0.2, 0.25) is 0 Å². The summed E-state index contributed by atoms with van der Waals surface area (Å²) in [5.74, 6) is 1.41. The SMILES string of the molecule is O=C1NC2CCN(C3COC3)CC2N1c1nc2c3c(ccc2s1)OCCO3. The molecule has 3 saturated heterocycles. The largest absolute Gasteiger partial charge is 0.486 e. The second kappa shape index (κ2) is 5.95. The van der Waals surface area contributed by atoms with Gasteiger partial charge in [0.25, 0.3) is 0 Å². The lowest BCUT2D eigenvalue weighted by molar-refractivity contribution is -0.0727. The van der Waals surface area contributed by atoms with Gasteiger partial charge in [-0.2, -0.15) is 0 Å². The van der Waals surface area contributed by atoms with Crippen molar-refractivity contribution >= 4 is 32.7 Å². The number of piperidine rings is 1. The van der Waals surface area contributed by atoms with Gasteiger partial charge >= 0.3 is 6.03 Å². The van der Waals surface area contributed by atoms with E-state index in [1.165, 1.54) is 11.3 Å². The van der Waals surface area contributed by atoms with Crippen molar-refractivity contribution in [2.45, 2.75) is 24.5 Å². The molecule has 9 heteroatoms. The van der Waals surface area contributed by atoms with Crippen LogP contribution in [0.15, 0.2) is 12.1 Å². The standard InChI is InChI=1S/C18H20N4O4S/c23-17-19-11-3-4-21(10-8-24-9-10)7-12(11)22(17)18-20-15-14(27-18)2-1-13-16(15)26-6-5-25-13/h1-2,10-12H,3-9H2,(H,19,23). The smallest absolute Gasteiger partial charge is 0.324 e. The number of urea groups is 1. The molecule has 2 aromatic rings. The Morgan fingerprint density at radius 2 is 2.11 bits per heavy atom. The van der Waals surface area contributed by atoms with Gasteiger partial charge in [0.15, 0.2) is 16.6 Å². The minimum atomic E-state index is -0.0539. The molecule has 4 aliphatic rings. The molecule has 0 saturated carbocycles. The summed E-state index contributed by atoms with van der Waals surface area (Å²) in [5, 5.41) is 3.87. The van der Waals surface area contributed by atoms with Crippen molar-refractivity contribution in [2.75, 3.05) is 44.4 Å². The van der Waals surface area contributed by atoms with Gasteiger partial charge in [0, 0.05) is 13.1 Å². The molecule has 1 N–H and O–H groups in total. The van der Waals surface area contributed by atoms with Gasteiger partial charge in [0.1, 0.15) is 18.7 Å². The average Bonchev–Trinajstić information content (AvgIpc) is 3.20. The molecule has 27 heavy (non-hydrogen) atoms. The molecule has 5 heterocycles. The second-order valence-corrected chi connectivity index (χ2v) is 8.41. The number of amides is 2. The summed E-state index contributed by atoms with van der Waals surface area (Å²) < 4.78 is 17.8. The molecule has 0 spiro atoms. The third-order valence-electron chi connectivity index (χ3n) is 5.87. The van der Waals surface area contributed by atoms with Crippen molar-refractivity contribution in [1.29, 1.82) is 0 Å². The Kier molecular flexibility index (Phi) is 3.51. The summed E-state index contributed by atoms with van der Waals surface area (Å²) in [4.78, 5) is 21.8. The van der Waals surface area contributed by atoms with Gasteiger partial charge in [0.05, 0.1) is 36.0 Å². The highest BCUT2D eigenvalue weighted by molar-refractivity contribution is 7.22. The van der Waals surface area contributed by atoms with E-state index in [1.807, 2.05) is 17.0 Å². The summed E-state index contributed by atoms with van der Waals surface area (Å²) in [6.07, 6.45) is 0.959. The van der Waals surface area contributed by atoms with Crippen molar-refractivity contribution in [3.05, 3.63) is 12.1 Å². The summed E-state index contributed by atoms with van der Waals surface area (Å²) in [5.41, 5.74) is 0.781. The molecule has 142 valence electrons. The van der Waals surface area contributed by atoms with Crippen LogP contribution in [0.1, 0.15) is 6.42 Å². The van der Waals surface area contributed by atoms with Crippen molar-refractivity contribution < 1.29 is 19.0 Å². The Bertz CT molecular complexity index is 914. The highest BCUT2D eigenvalue weighted by Gasteiger charge is 2.46. The number of hydrogen-bond acceptors (Lipinski definition) is 7. The van der Waals surface area contributed by atoms with Gasteiger partial charge in [-0.3, -0.25) is 9.80 Å². The lowest BCUT2D eigenvalue weighted by Crippen LogP contribution is -2.59. The van der Waals surface area contributed by atoms with Gasteiger partial charge in [-0.15, -0.1) is 0 Å². The van der Waals surface area contributed by atoms with E-state index in [1.54, 1.807) is 0 Å². The molecular weight excluding hydrogens is 368 g/mol. The Labute approximate surface area is 160 Å². The van der Waals surface area contributed by atoms with Crippen LogP contribution in [-0.2, 0) is 4.74 Å². The first-order chi connectivity index (χ1) is 13.3. The fourth-order valence-corrected chi connectivity index (χ4v) is 5.37. The minimum absolute atomic E-state index is 0.0539. The number of anilines is 1. The number of nitrogens with one attached hydrogen (secondary N) is 1. The molecule has 2 amide bonds. The highest BCUT2D eigenvalue weighted by atomic mass is 32.1. The number of aromatic nitrogens is 1. The van der Waals surface area contributed by atoms with Crippen molar-refractivity contribution in [1.82, 2.24) is 15.2 Å². The van der Waals surface area contributed by atoms with E-state index >= 15 is 0 Å². The van der Waals surface area contributed by atoms with Gasteiger partial charge in [-0.25, -0.2) is 9.78 Å². The Balaban J connectivity index is 1.36. The first-order valence-electron chi connectivity index (χ1n) is 9.38. The first kappa shape index (κ1) is 15.9. The number of ether oxygens (including phenoxy) is 3. The number of likely N-dealkylation sites (tertiary alicyclic amines) is 1. The van der Waals surface area contributed by atoms with Crippen LogP contribution >= 0.6 is 11.3 Å². The summed E-state index contributed by atoms with van der Waals surface area (Å²) in [6, 6.07) is 4.62. The maximum absolute atomic E-state index is 12.7. The van der Waals surface area contributed by atoms with E-state index in [4.69, 9.17) is 19.2 Å². The lowest BCUT2D eigenvalue weighted by Gasteiger charge is -2.43. The normalized spacial score (nSPS) is 28.1. The number of hydrogen-bond donors (Lipinski definition) is 1. The fourth-order valence-electron chi connectivity index (χ4n) is 4.35. The highest BCUT2D eigenvalue weighted by Crippen LogP contribution is 2.42. The predicted octanol–water partition coefficient (Wildman–Crippen LogP) is 1.44. The number of fused-ring (bicyclic) bond motifs is 4. The van der Waals surface area contributed by atoms with Crippen LogP contribution in [0.25, 0.3) is 10.2 Å². The molecule has 2 atom stereocenters. The number of thiazole rings is 1. The maximum atomic E-state index is 12.7. The van der Waals surface area contributed by atoms with Crippen LogP contribution in [0.5, 0.6) is 11.5 Å². The number of carbonyl (C=O) groups excluding carboxylic acids is 1. The zero-order chi connectivity index (χ0) is 18.0. The van der Waals surface area contributed by atoms with Crippen LogP contribution in [0.4, 0.5) is 9.93 Å². The molecule has 4 aliphatic heterocycles. The van der Waals surface area contributed by atoms with Crippen LogP contribution in [0, 0.1) is 0 Å². The number of nitrogens with zero attached hydrogens (tertiary/aromatic N) is 3. The van der Waals surface area contributed by atoms with Gasteiger partial charge in [-0.1, -0.05) is 11.3 Å². The fraction of sp³-hybridized carbons (Fsp3) is 0.556. The third kappa shape index (κ3) is 2.41. The molecule has 0 radical (unpaired) electrons. The van der Waals surface area contributed by atoms with Crippen molar-refractivity contribution in [3.63, 3.8) is 0 Å². The number of rotatable bonds is 2. The number of benzene rings is 1. The summed E-state index contributed by atoms with van der Waals surface area (Å²) >= 11 is 1.53. The molecule has 0 aliphatic carbocycles. The zero-order valence-corrected chi connectivity index (χ0v) is 15.5. The van der Waals surface area contributed by atoms with Gasteiger partial charge in [0.2, 0.25) is 0 Å². The molecule has 6 rings (SSSR count). The molecule has 0 bridgehead atoms. The Hall–Kier alpha value is -2.10. The van der Waals surface area contributed by atoms with Crippen molar-refractivity contribution in [2.24, 2.45) is 0 Å². The zero-order valence-electron chi connectivity index (χ0n) is 14.7. The predicted molar refractivity (Wildman–Crippen MR) is 100.0 cm³/mol. The van der Waals surface area contributed by atoms with Gasteiger partial charge in [-0.05, 0) is 18.6 Å². The van der Waals surface area contributed by atoms with Crippen LogP contribution in [0.3, 0.4) is 0 Å². The molecular formula is C18H20N4O4S. The molecule has 8 nitrogen and oxygen atoms in total. The van der Waals surface area contributed by atoms with E-state index in [-0.39, 0.29) is 18.1 Å². The topological polar surface area (TPSA) is 76.2 Å². The van der Waals surface area contributed by atoms with E-state index in [2.05, 4.69) is 10.2 Å². The van der Waals surface area contributed by atoms with Gasteiger partial charge < -0.3 is 19.5 Å². The van der Waals surface area contributed by atoms with E-state index in [0.717, 1.165) is 53.8 Å². The quantitative estimate of drug-likeness (QED) is 0.839. The average molecular weight is 388 g/mol. The lowest BCUT2D eigenvalue weighted by atomic mass is 9.98. The molecule has 1 aromatic carbocycles. The summed E-state index contributed by atoms with van der Waals surface area (Å²) in [7, 11) is 0. The second-order valence-electron chi connectivity index (χ2n) is 7.40. The Morgan fingerprint density at radius 1 is 1.22 bits per heavy atom. The molecule has 3 fully saturated rings. The van der Waals surface area contributed by atoms with Crippen LogP contribution < -0.4 is 19.7 Å². The monoisotopic (exact) mass is 388 g/mol. The van der Waals surface area contributed by atoms with E-state index in [0.29, 0.717) is 25.0 Å². The molecule has 1 aromatic heterocycles. The molecule has 2 unspecified atom stereocenters. The summed E-state index contributed by atoms with van der Waals surface area (Å²) in [6.45, 7) is 4.51. The third-order valence-corrected chi connectivity index (χ3v) is 6.89. The van der Waals surface area contributed by atoms with E-state index < -0.39 is 0 Å². The van der Waals surface area contributed by atoms with Crippen molar-refractivity contribution in [3.8, 4) is 11.5 Å². The Morgan fingerprint density at radius 3 is 2.96 bits per heavy atom. The minimum Gasteiger partial charge on any atom is -0.486 e. The maximum Gasteiger partial charge on any atom is 0.324 e. The first-order valence-corrected chi connectivity index (χ1v) is 10.2.